The first-order valence-electron chi connectivity index (χ1n) is 5.17. The zero-order valence-electron chi connectivity index (χ0n) is 10.1. The van der Waals surface area contributed by atoms with Crippen LogP contribution in [0, 0.1) is 0 Å². The van der Waals surface area contributed by atoms with Gasteiger partial charge in [-0.3, -0.25) is 4.79 Å². The Bertz CT molecular complexity index is 400. The summed E-state index contributed by atoms with van der Waals surface area (Å²) < 4.78 is 5.83. The minimum Gasteiger partial charge on any atom is -0.468 e. The lowest BCUT2D eigenvalue weighted by atomic mass is 10.1. The second kappa shape index (κ2) is 6.42. The Morgan fingerprint density at radius 3 is 2.82 bits per heavy atom. The van der Waals surface area contributed by atoms with E-state index in [1.807, 2.05) is 31.2 Å². The minimum absolute atomic E-state index is 0.248. The summed E-state index contributed by atoms with van der Waals surface area (Å²) in [6, 6.07) is 7.99. The lowest BCUT2D eigenvalue weighted by molar-refractivity contribution is -0.146. The molecule has 5 heteroatoms. The van der Waals surface area contributed by atoms with Crippen LogP contribution < -0.4 is 5.32 Å². The molecule has 1 aromatic rings. The van der Waals surface area contributed by atoms with Crippen molar-refractivity contribution < 1.29 is 9.53 Å². The maximum Gasteiger partial charge on any atom is 0.326 e. The highest BCUT2D eigenvalue weighted by Gasteiger charge is 2.32. The van der Waals surface area contributed by atoms with Gasteiger partial charge in [-0.05, 0) is 32.2 Å². The number of hydrogen-bond donors (Lipinski definition) is 1. The molecule has 0 spiro atoms. The standard InChI is InChI=1S/C12H16BrNO2S/c1-12(14-2,11(15)16-3)8-17-10-6-4-5-9(13)7-10/h4-7,14H,8H2,1-3H3. The van der Waals surface area contributed by atoms with Crippen molar-refractivity contribution in [3.05, 3.63) is 28.7 Å². The summed E-state index contributed by atoms with van der Waals surface area (Å²) in [5, 5.41) is 3.01. The number of likely N-dealkylation sites (N-methyl/N-ethyl adjacent to an activating group) is 1. The molecule has 17 heavy (non-hydrogen) atoms. The van der Waals surface area contributed by atoms with Crippen molar-refractivity contribution in [1.82, 2.24) is 5.32 Å². The van der Waals surface area contributed by atoms with Crippen LogP contribution in [-0.2, 0) is 9.53 Å². The van der Waals surface area contributed by atoms with E-state index in [1.165, 1.54) is 7.11 Å². The van der Waals surface area contributed by atoms with E-state index in [2.05, 4.69) is 21.2 Å². The van der Waals surface area contributed by atoms with E-state index in [0.717, 1.165) is 9.37 Å². The molecular weight excluding hydrogens is 302 g/mol. The van der Waals surface area contributed by atoms with Crippen LogP contribution >= 0.6 is 27.7 Å². The van der Waals surface area contributed by atoms with Crippen molar-refractivity contribution in [3.8, 4) is 0 Å². The highest BCUT2D eigenvalue weighted by Crippen LogP contribution is 2.25. The molecule has 0 radical (unpaired) electrons. The topological polar surface area (TPSA) is 38.3 Å². The van der Waals surface area contributed by atoms with Crippen molar-refractivity contribution in [1.29, 1.82) is 0 Å². The normalized spacial score (nSPS) is 14.1. The van der Waals surface area contributed by atoms with Gasteiger partial charge in [0.15, 0.2) is 0 Å². The van der Waals surface area contributed by atoms with Gasteiger partial charge in [0.2, 0.25) is 0 Å². The van der Waals surface area contributed by atoms with Crippen LogP contribution in [-0.4, -0.2) is 31.4 Å². The smallest absolute Gasteiger partial charge is 0.326 e. The van der Waals surface area contributed by atoms with Crippen LogP contribution in [0.2, 0.25) is 0 Å². The molecule has 0 saturated carbocycles. The summed E-state index contributed by atoms with van der Waals surface area (Å²) in [6.07, 6.45) is 0. The van der Waals surface area contributed by atoms with Crippen LogP contribution in [0.4, 0.5) is 0 Å². The van der Waals surface area contributed by atoms with Crippen molar-refractivity contribution in [2.24, 2.45) is 0 Å². The number of thioether (sulfide) groups is 1. The summed E-state index contributed by atoms with van der Waals surface area (Å²) in [6.45, 7) is 1.84. The molecule has 0 aliphatic rings. The predicted molar refractivity (Wildman–Crippen MR) is 74.3 cm³/mol. The van der Waals surface area contributed by atoms with Crippen molar-refractivity contribution in [2.75, 3.05) is 19.9 Å². The summed E-state index contributed by atoms with van der Waals surface area (Å²) in [5.41, 5.74) is -0.665. The van der Waals surface area contributed by atoms with Gasteiger partial charge in [-0.25, -0.2) is 0 Å². The first-order chi connectivity index (χ1) is 8.01. The second-order valence-corrected chi connectivity index (χ2v) is 5.78. The SMILES string of the molecule is CNC(C)(CSc1cccc(Br)c1)C(=O)OC. The molecule has 0 bridgehead atoms. The highest BCUT2D eigenvalue weighted by molar-refractivity contribution is 9.10. The molecule has 0 aliphatic carbocycles. The van der Waals surface area contributed by atoms with Crippen LogP contribution in [0.1, 0.15) is 6.92 Å². The molecule has 94 valence electrons. The van der Waals surface area contributed by atoms with E-state index in [9.17, 15) is 4.79 Å². The Morgan fingerprint density at radius 1 is 1.59 bits per heavy atom. The second-order valence-electron chi connectivity index (χ2n) is 3.82. The van der Waals surface area contributed by atoms with E-state index in [4.69, 9.17) is 4.74 Å². The van der Waals surface area contributed by atoms with E-state index in [-0.39, 0.29) is 5.97 Å². The predicted octanol–water partition coefficient (Wildman–Crippen LogP) is 2.69. The Kier molecular flexibility index (Phi) is 5.49. The molecule has 1 N–H and O–H groups in total. The molecule has 0 heterocycles. The minimum atomic E-state index is -0.665. The van der Waals surface area contributed by atoms with E-state index >= 15 is 0 Å². The number of carbonyl (C=O) groups is 1. The molecule has 1 rings (SSSR count). The van der Waals surface area contributed by atoms with Gasteiger partial charge in [-0.2, -0.15) is 0 Å². The molecule has 1 unspecified atom stereocenters. The van der Waals surface area contributed by atoms with Gasteiger partial charge in [0.25, 0.3) is 0 Å². The van der Waals surface area contributed by atoms with Crippen molar-refractivity contribution in [3.63, 3.8) is 0 Å². The monoisotopic (exact) mass is 317 g/mol. The Morgan fingerprint density at radius 2 is 2.29 bits per heavy atom. The number of ether oxygens (including phenoxy) is 1. The summed E-state index contributed by atoms with van der Waals surface area (Å²) in [7, 11) is 3.17. The molecule has 0 amide bonds. The average Bonchev–Trinajstić information content (AvgIpc) is 2.35. The first-order valence-corrected chi connectivity index (χ1v) is 6.95. The number of benzene rings is 1. The maximum atomic E-state index is 11.6. The summed E-state index contributed by atoms with van der Waals surface area (Å²) in [5.74, 6) is 0.370. The van der Waals surface area contributed by atoms with Gasteiger partial charge >= 0.3 is 5.97 Å². The number of rotatable bonds is 5. The number of nitrogens with one attached hydrogen (secondary N) is 1. The van der Waals surface area contributed by atoms with Gasteiger partial charge in [-0.1, -0.05) is 22.0 Å². The van der Waals surface area contributed by atoms with Crippen LogP contribution in [0.3, 0.4) is 0 Å². The Balaban J connectivity index is 2.68. The van der Waals surface area contributed by atoms with Gasteiger partial charge < -0.3 is 10.1 Å². The molecule has 1 aromatic carbocycles. The highest BCUT2D eigenvalue weighted by atomic mass is 79.9. The molecule has 0 saturated heterocycles. The Labute approximate surface area is 114 Å². The first kappa shape index (κ1) is 14.5. The van der Waals surface area contributed by atoms with Gasteiger partial charge in [0.1, 0.15) is 5.54 Å². The quantitative estimate of drug-likeness (QED) is 0.669. The fraction of sp³-hybridized carbons (Fsp3) is 0.417. The molecule has 0 fully saturated rings. The largest absolute Gasteiger partial charge is 0.468 e. The van der Waals surface area contributed by atoms with Gasteiger partial charge in [-0.15, -0.1) is 11.8 Å². The van der Waals surface area contributed by atoms with Crippen LogP contribution in [0.25, 0.3) is 0 Å². The lowest BCUT2D eigenvalue weighted by Crippen LogP contribution is -2.50. The van der Waals surface area contributed by atoms with Gasteiger partial charge in [0, 0.05) is 15.1 Å². The van der Waals surface area contributed by atoms with Crippen molar-refractivity contribution in [2.45, 2.75) is 17.4 Å². The molecule has 1 atom stereocenters. The zero-order chi connectivity index (χ0) is 12.9. The zero-order valence-corrected chi connectivity index (χ0v) is 12.5. The fourth-order valence-electron chi connectivity index (χ4n) is 1.24. The van der Waals surface area contributed by atoms with Crippen LogP contribution in [0.15, 0.2) is 33.6 Å². The number of hydrogen-bond acceptors (Lipinski definition) is 4. The third-order valence-corrected chi connectivity index (χ3v) is 4.31. The summed E-state index contributed by atoms with van der Waals surface area (Å²) >= 11 is 5.04. The molecule has 0 aromatic heterocycles. The van der Waals surface area contributed by atoms with E-state index < -0.39 is 5.54 Å². The molecule has 0 aliphatic heterocycles. The van der Waals surface area contributed by atoms with E-state index in [0.29, 0.717) is 5.75 Å². The molecule has 3 nitrogen and oxygen atoms in total. The lowest BCUT2D eigenvalue weighted by Gasteiger charge is -2.25. The maximum absolute atomic E-state index is 11.6. The Hall–Kier alpha value is -0.520. The van der Waals surface area contributed by atoms with E-state index in [1.54, 1.807) is 18.8 Å². The summed E-state index contributed by atoms with van der Waals surface area (Å²) in [4.78, 5) is 12.8. The average molecular weight is 318 g/mol. The fourth-order valence-corrected chi connectivity index (χ4v) is 2.90. The number of esters is 1. The number of methoxy groups -OCH3 is 1. The van der Waals surface area contributed by atoms with Crippen LogP contribution in [0.5, 0.6) is 0 Å². The number of carbonyl (C=O) groups excluding carboxylic acids is 1. The molecular formula is C12H16BrNO2S. The number of halogens is 1. The third-order valence-electron chi connectivity index (χ3n) is 2.51. The third kappa shape index (κ3) is 4.01. The van der Waals surface area contributed by atoms with Gasteiger partial charge in [0.05, 0.1) is 7.11 Å². The van der Waals surface area contributed by atoms with Crippen molar-refractivity contribution >= 4 is 33.7 Å².